The van der Waals surface area contributed by atoms with Gasteiger partial charge in [-0.2, -0.15) is 0 Å². The summed E-state index contributed by atoms with van der Waals surface area (Å²) in [6, 6.07) is 0. The highest BCUT2D eigenvalue weighted by Crippen LogP contribution is 2.61. The average Bonchev–Trinajstić information content (AvgIpc) is 2.64. The van der Waals surface area contributed by atoms with Crippen LogP contribution in [0.4, 0.5) is 0 Å². The second-order valence-electron chi connectivity index (χ2n) is 6.30. The summed E-state index contributed by atoms with van der Waals surface area (Å²) in [5, 5.41) is 0. The predicted octanol–water partition coefficient (Wildman–Crippen LogP) is 4.02. The lowest BCUT2D eigenvalue weighted by molar-refractivity contribution is 0.141. The molecular weight excluding hydrogens is 156 g/mol. The van der Waals surface area contributed by atoms with E-state index in [1.165, 1.54) is 12.8 Å². The molecular formula is C13H22. The molecule has 0 radical (unpaired) electrons. The third-order valence-corrected chi connectivity index (χ3v) is 4.34. The minimum atomic E-state index is 0.464. The molecule has 0 heteroatoms. The summed E-state index contributed by atoms with van der Waals surface area (Å²) in [5.74, 6) is 1.71. The van der Waals surface area contributed by atoms with Gasteiger partial charge in [-0.1, -0.05) is 46.3 Å². The first kappa shape index (κ1) is 9.30. The van der Waals surface area contributed by atoms with Gasteiger partial charge in [0.1, 0.15) is 0 Å². The van der Waals surface area contributed by atoms with Gasteiger partial charge in [-0.25, -0.2) is 0 Å². The van der Waals surface area contributed by atoms with Crippen LogP contribution in [0.15, 0.2) is 11.6 Å². The molecule has 2 aliphatic carbocycles. The zero-order valence-electron chi connectivity index (χ0n) is 9.65. The lowest BCUT2D eigenvalue weighted by atomic mass is 9.63. The summed E-state index contributed by atoms with van der Waals surface area (Å²) in [5.41, 5.74) is 2.77. The highest BCUT2D eigenvalue weighted by molar-refractivity contribution is 5.33. The van der Waals surface area contributed by atoms with Crippen molar-refractivity contribution < 1.29 is 0 Å². The van der Waals surface area contributed by atoms with E-state index in [4.69, 9.17) is 0 Å². The number of fused-ring (bicyclic) bond motifs is 1. The van der Waals surface area contributed by atoms with Crippen LogP contribution >= 0.6 is 0 Å². The molecule has 0 bridgehead atoms. The van der Waals surface area contributed by atoms with Gasteiger partial charge in [0.25, 0.3) is 0 Å². The van der Waals surface area contributed by atoms with E-state index >= 15 is 0 Å². The summed E-state index contributed by atoms with van der Waals surface area (Å²) in [4.78, 5) is 0. The van der Waals surface area contributed by atoms with Crippen molar-refractivity contribution in [1.82, 2.24) is 0 Å². The van der Waals surface area contributed by atoms with Crippen LogP contribution in [0.5, 0.6) is 0 Å². The van der Waals surface area contributed by atoms with Gasteiger partial charge in [0, 0.05) is 0 Å². The van der Waals surface area contributed by atoms with E-state index in [0.717, 1.165) is 11.8 Å². The first-order chi connectivity index (χ1) is 5.85. The Kier molecular flexibility index (Phi) is 1.72. The van der Waals surface area contributed by atoms with Crippen LogP contribution in [-0.4, -0.2) is 0 Å². The molecule has 0 aromatic heterocycles. The van der Waals surface area contributed by atoms with E-state index in [9.17, 15) is 0 Å². The summed E-state index contributed by atoms with van der Waals surface area (Å²) in [7, 11) is 0. The van der Waals surface area contributed by atoms with Crippen LogP contribution in [0.2, 0.25) is 0 Å². The van der Waals surface area contributed by atoms with Gasteiger partial charge in [-0.3, -0.25) is 0 Å². The summed E-state index contributed by atoms with van der Waals surface area (Å²) >= 11 is 0. The Balaban J connectivity index is 2.31. The molecule has 1 fully saturated rings. The smallest absolute Gasteiger partial charge is 0.0114 e. The lowest BCUT2D eigenvalue weighted by Crippen LogP contribution is -2.32. The van der Waals surface area contributed by atoms with Crippen molar-refractivity contribution in [3.05, 3.63) is 11.6 Å². The largest absolute Gasteiger partial charge is 0.0788 e. The van der Waals surface area contributed by atoms with Gasteiger partial charge in [0.05, 0.1) is 0 Å². The topological polar surface area (TPSA) is 0 Å². The molecule has 2 atom stereocenters. The molecule has 0 aromatic carbocycles. The highest BCUT2D eigenvalue weighted by atomic mass is 14.6. The monoisotopic (exact) mass is 178 g/mol. The van der Waals surface area contributed by atoms with Crippen LogP contribution in [0, 0.1) is 22.7 Å². The minimum Gasteiger partial charge on any atom is -0.0788 e. The summed E-state index contributed by atoms with van der Waals surface area (Å²) < 4.78 is 0. The van der Waals surface area contributed by atoms with Crippen LogP contribution < -0.4 is 0 Å². The number of allylic oxidation sites excluding steroid dienone is 2. The molecule has 0 nitrogen and oxygen atoms in total. The van der Waals surface area contributed by atoms with E-state index in [2.05, 4.69) is 40.7 Å². The molecule has 0 amide bonds. The fraction of sp³-hybridized carbons (Fsp3) is 0.846. The highest BCUT2D eigenvalue weighted by Gasteiger charge is 2.51. The molecule has 0 heterocycles. The first-order valence-electron chi connectivity index (χ1n) is 5.57. The Morgan fingerprint density at radius 3 is 2.38 bits per heavy atom. The zero-order valence-corrected chi connectivity index (χ0v) is 9.65. The maximum atomic E-state index is 2.58. The first-order valence-corrected chi connectivity index (χ1v) is 5.57. The second kappa shape index (κ2) is 2.40. The van der Waals surface area contributed by atoms with E-state index < -0.39 is 0 Å². The second-order valence-corrected chi connectivity index (χ2v) is 6.30. The van der Waals surface area contributed by atoms with E-state index in [-0.39, 0.29) is 0 Å². The van der Waals surface area contributed by atoms with Crippen molar-refractivity contribution in [3.63, 3.8) is 0 Å². The quantitative estimate of drug-likeness (QED) is 0.532. The molecule has 1 saturated carbocycles. The Labute approximate surface area is 82.4 Å². The van der Waals surface area contributed by atoms with Crippen LogP contribution in [0.25, 0.3) is 0 Å². The molecule has 0 saturated heterocycles. The Bertz CT molecular complexity index is 257. The van der Waals surface area contributed by atoms with E-state index in [1.54, 1.807) is 5.57 Å². The van der Waals surface area contributed by atoms with Crippen molar-refractivity contribution in [1.29, 1.82) is 0 Å². The third kappa shape index (κ3) is 1.35. The molecule has 2 aliphatic rings. The molecule has 13 heavy (non-hydrogen) atoms. The molecule has 0 N–H and O–H groups in total. The van der Waals surface area contributed by atoms with Crippen LogP contribution in [0.3, 0.4) is 0 Å². The Morgan fingerprint density at radius 2 is 1.92 bits per heavy atom. The molecule has 0 aliphatic heterocycles. The molecule has 2 unspecified atom stereocenters. The van der Waals surface area contributed by atoms with Crippen LogP contribution in [-0.2, 0) is 0 Å². The van der Waals surface area contributed by atoms with Gasteiger partial charge in [-0.15, -0.1) is 0 Å². The van der Waals surface area contributed by atoms with Crippen molar-refractivity contribution >= 4 is 0 Å². The molecule has 0 aromatic rings. The standard InChI is InChI=1S/C13H22/c1-9(2)13(5)7-10-6-11(10)12(3,4)8-13/h7,9,11H,6,8H2,1-5H3. The lowest BCUT2D eigenvalue weighted by Gasteiger charge is -2.41. The van der Waals surface area contributed by atoms with Gasteiger partial charge >= 0.3 is 0 Å². The van der Waals surface area contributed by atoms with Gasteiger partial charge in [-0.05, 0) is 35.5 Å². The van der Waals surface area contributed by atoms with E-state index in [0.29, 0.717) is 10.8 Å². The summed E-state index contributed by atoms with van der Waals surface area (Å²) in [6.07, 6.45) is 5.33. The Hall–Kier alpha value is -0.260. The van der Waals surface area contributed by atoms with Gasteiger partial charge in [0.15, 0.2) is 0 Å². The Morgan fingerprint density at radius 1 is 1.31 bits per heavy atom. The van der Waals surface area contributed by atoms with Crippen molar-refractivity contribution in [2.24, 2.45) is 22.7 Å². The van der Waals surface area contributed by atoms with Crippen molar-refractivity contribution in [3.8, 4) is 0 Å². The minimum absolute atomic E-state index is 0.464. The predicted molar refractivity (Wildman–Crippen MR) is 57.5 cm³/mol. The van der Waals surface area contributed by atoms with Gasteiger partial charge < -0.3 is 0 Å². The van der Waals surface area contributed by atoms with Gasteiger partial charge in [0.2, 0.25) is 0 Å². The third-order valence-electron chi connectivity index (χ3n) is 4.34. The van der Waals surface area contributed by atoms with E-state index in [1.807, 2.05) is 0 Å². The maximum absolute atomic E-state index is 2.58. The maximum Gasteiger partial charge on any atom is -0.0114 e. The number of hydrogen-bond acceptors (Lipinski definition) is 0. The average molecular weight is 178 g/mol. The molecule has 2 rings (SSSR count). The SMILES string of the molecule is CC(C)C1(C)C=C2CC2C(C)(C)C1. The zero-order chi connectivity index (χ0) is 9.85. The van der Waals surface area contributed by atoms with Crippen molar-refractivity contribution in [2.75, 3.05) is 0 Å². The number of hydrogen-bond donors (Lipinski definition) is 0. The fourth-order valence-corrected chi connectivity index (χ4v) is 3.06. The van der Waals surface area contributed by atoms with Crippen LogP contribution in [0.1, 0.15) is 47.5 Å². The molecule has 0 spiro atoms. The fourth-order valence-electron chi connectivity index (χ4n) is 3.06. The normalized spacial score (nSPS) is 41.4. The van der Waals surface area contributed by atoms with Crippen molar-refractivity contribution in [2.45, 2.75) is 47.5 Å². The summed E-state index contributed by atoms with van der Waals surface area (Å²) in [6.45, 7) is 12.0. The number of rotatable bonds is 1. The molecule has 74 valence electrons.